The van der Waals surface area contributed by atoms with Crippen LogP contribution in [-0.4, -0.2) is 43.3 Å². The zero-order chi connectivity index (χ0) is 9.26. The number of ether oxygens (including phenoxy) is 1. The highest BCUT2D eigenvalue weighted by atomic mass is 16.5. The van der Waals surface area contributed by atoms with E-state index in [-0.39, 0.29) is 0 Å². The summed E-state index contributed by atoms with van der Waals surface area (Å²) >= 11 is 0. The number of methoxy groups -OCH3 is 1. The second kappa shape index (κ2) is 3.95. The second-order valence-electron chi connectivity index (χ2n) is 4.36. The summed E-state index contributed by atoms with van der Waals surface area (Å²) in [6.07, 6.45) is 5.31. The van der Waals surface area contributed by atoms with Crippen LogP contribution in [0.1, 0.15) is 25.7 Å². The lowest BCUT2D eigenvalue weighted by molar-refractivity contribution is 0.00896. The normalized spacial score (nSPS) is 37.4. The lowest BCUT2D eigenvalue weighted by Crippen LogP contribution is -2.53. The van der Waals surface area contributed by atoms with Crippen molar-refractivity contribution in [2.75, 3.05) is 20.2 Å². The van der Waals surface area contributed by atoms with Crippen LogP contribution in [0, 0.1) is 0 Å². The molecule has 2 aliphatic rings. The van der Waals surface area contributed by atoms with E-state index in [1.54, 1.807) is 0 Å². The van der Waals surface area contributed by atoms with Crippen molar-refractivity contribution in [2.45, 2.75) is 43.9 Å². The van der Waals surface area contributed by atoms with E-state index >= 15 is 0 Å². The van der Waals surface area contributed by atoms with Gasteiger partial charge in [-0.05, 0) is 25.7 Å². The molecule has 1 heterocycles. The fraction of sp³-hybridized carbons (Fsp3) is 1.00. The monoisotopic (exact) mass is 184 g/mol. The van der Waals surface area contributed by atoms with E-state index in [9.17, 15) is 0 Å². The first-order valence-corrected chi connectivity index (χ1v) is 5.32. The number of likely N-dealkylation sites (tertiary alicyclic amines) is 1. The molecule has 2 N–H and O–H groups in total. The van der Waals surface area contributed by atoms with Crippen LogP contribution < -0.4 is 5.73 Å². The molecular formula is C10H20N2O. The van der Waals surface area contributed by atoms with Crippen LogP contribution >= 0.6 is 0 Å². The lowest BCUT2D eigenvalue weighted by Gasteiger charge is -2.44. The van der Waals surface area contributed by atoms with Crippen LogP contribution in [0.25, 0.3) is 0 Å². The first-order chi connectivity index (χ1) is 6.29. The molecule has 3 nitrogen and oxygen atoms in total. The SMILES string of the molecule is COC1CCN(C2CC(N)C2)CC1. The maximum atomic E-state index is 5.78. The maximum absolute atomic E-state index is 5.78. The smallest absolute Gasteiger partial charge is 0.0595 e. The van der Waals surface area contributed by atoms with E-state index in [1.165, 1.54) is 38.8 Å². The van der Waals surface area contributed by atoms with Gasteiger partial charge in [-0.15, -0.1) is 0 Å². The summed E-state index contributed by atoms with van der Waals surface area (Å²) < 4.78 is 5.34. The molecule has 2 fully saturated rings. The molecule has 0 spiro atoms. The van der Waals surface area contributed by atoms with Crippen LogP contribution in [0.5, 0.6) is 0 Å². The average Bonchev–Trinajstić information content (AvgIpc) is 2.13. The summed E-state index contributed by atoms with van der Waals surface area (Å²) in [5.41, 5.74) is 5.78. The Kier molecular flexibility index (Phi) is 2.86. The second-order valence-corrected chi connectivity index (χ2v) is 4.36. The fourth-order valence-corrected chi connectivity index (χ4v) is 2.40. The third-order valence-corrected chi connectivity index (χ3v) is 3.48. The van der Waals surface area contributed by atoms with Crippen molar-refractivity contribution in [3.05, 3.63) is 0 Å². The first kappa shape index (κ1) is 9.44. The Morgan fingerprint density at radius 2 is 1.85 bits per heavy atom. The van der Waals surface area contributed by atoms with Crippen molar-refractivity contribution in [3.63, 3.8) is 0 Å². The van der Waals surface area contributed by atoms with Gasteiger partial charge in [0.2, 0.25) is 0 Å². The molecule has 3 heteroatoms. The van der Waals surface area contributed by atoms with Crippen LogP contribution in [-0.2, 0) is 4.74 Å². The molecule has 0 amide bonds. The van der Waals surface area contributed by atoms with E-state index < -0.39 is 0 Å². The molecule has 1 saturated carbocycles. The van der Waals surface area contributed by atoms with Gasteiger partial charge < -0.3 is 15.4 Å². The summed E-state index contributed by atoms with van der Waals surface area (Å²) in [6, 6.07) is 1.26. The molecule has 0 radical (unpaired) electrons. The van der Waals surface area contributed by atoms with Crippen molar-refractivity contribution < 1.29 is 4.74 Å². The number of rotatable bonds is 2. The lowest BCUT2D eigenvalue weighted by atomic mass is 9.85. The van der Waals surface area contributed by atoms with Gasteiger partial charge in [0.25, 0.3) is 0 Å². The van der Waals surface area contributed by atoms with Crippen molar-refractivity contribution in [1.29, 1.82) is 0 Å². The summed E-state index contributed by atoms with van der Waals surface area (Å²) in [5.74, 6) is 0. The molecule has 0 aromatic carbocycles. The van der Waals surface area contributed by atoms with Crippen molar-refractivity contribution in [3.8, 4) is 0 Å². The van der Waals surface area contributed by atoms with E-state index in [0.29, 0.717) is 12.1 Å². The van der Waals surface area contributed by atoms with Gasteiger partial charge in [0.1, 0.15) is 0 Å². The molecule has 2 rings (SSSR count). The summed E-state index contributed by atoms with van der Waals surface area (Å²) in [4.78, 5) is 2.58. The largest absolute Gasteiger partial charge is 0.381 e. The van der Waals surface area contributed by atoms with Gasteiger partial charge in [-0.2, -0.15) is 0 Å². The Morgan fingerprint density at radius 1 is 1.23 bits per heavy atom. The molecule has 0 aromatic rings. The highest BCUT2D eigenvalue weighted by Gasteiger charge is 2.33. The summed E-state index contributed by atoms with van der Waals surface area (Å²) in [7, 11) is 1.82. The molecule has 76 valence electrons. The van der Waals surface area contributed by atoms with Gasteiger partial charge in [-0.25, -0.2) is 0 Å². The molecular weight excluding hydrogens is 164 g/mol. The first-order valence-electron chi connectivity index (χ1n) is 5.32. The van der Waals surface area contributed by atoms with Gasteiger partial charge in [-0.3, -0.25) is 0 Å². The van der Waals surface area contributed by atoms with Crippen molar-refractivity contribution in [1.82, 2.24) is 4.90 Å². The maximum Gasteiger partial charge on any atom is 0.0595 e. The number of hydrogen-bond donors (Lipinski definition) is 1. The standard InChI is InChI=1S/C10H20N2O/c1-13-10-2-4-12(5-3-10)9-6-8(11)7-9/h8-10H,2-7,11H2,1H3. The Hall–Kier alpha value is -0.120. The average molecular weight is 184 g/mol. The third-order valence-electron chi connectivity index (χ3n) is 3.48. The minimum atomic E-state index is 0.477. The number of nitrogens with zero attached hydrogens (tertiary/aromatic N) is 1. The van der Waals surface area contributed by atoms with Gasteiger partial charge in [0.05, 0.1) is 6.10 Å². The van der Waals surface area contributed by atoms with E-state index in [1.807, 2.05) is 7.11 Å². The Balaban J connectivity index is 1.72. The summed E-state index contributed by atoms with van der Waals surface area (Å²) in [5, 5.41) is 0. The predicted octanol–water partition coefficient (Wildman–Crippen LogP) is 0.587. The topological polar surface area (TPSA) is 38.5 Å². The zero-order valence-electron chi connectivity index (χ0n) is 8.41. The Morgan fingerprint density at radius 3 is 2.31 bits per heavy atom. The Bertz CT molecular complexity index is 160. The number of nitrogens with two attached hydrogens (primary N) is 1. The van der Waals surface area contributed by atoms with Gasteiger partial charge in [0, 0.05) is 32.3 Å². The van der Waals surface area contributed by atoms with Crippen LogP contribution in [0.4, 0.5) is 0 Å². The molecule has 0 atom stereocenters. The fourth-order valence-electron chi connectivity index (χ4n) is 2.40. The van der Waals surface area contributed by atoms with E-state index in [0.717, 1.165) is 6.04 Å². The Labute approximate surface area is 80.2 Å². The highest BCUT2D eigenvalue weighted by molar-refractivity contribution is 4.91. The van der Waals surface area contributed by atoms with Crippen LogP contribution in [0.15, 0.2) is 0 Å². The van der Waals surface area contributed by atoms with Gasteiger partial charge in [0.15, 0.2) is 0 Å². The summed E-state index contributed by atoms with van der Waals surface area (Å²) in [6.45, 7) is 2.41. The van der Waals surface area contributed by atoms with Gasteiger partial charge in [-0.1, -0.05) is 0 Å². The minimum absolute atomic E-state index is 0.477. The zero-order valence-corrected chi connectivity index (χ0v) is 8.41. The quantitative estimate of drug-likeness (QED) is 0.682. The molecule has 0 unspecified atom stereocenters. The van der Waals surface area contributed by atoms with E-state index in [2.05, 4.69) is 4.90 Å². The number of piperidine rings is 1. The van der Waals surface area contributed by atoms with E-state index in [4.69, 9.17) is 10.5 Å². The molecule has 13 heavy (non-hydrogen) atoms. The molecule has 1 aliphatic carbocycles. The molecule has 1 aliphatic heterocycles. The minimum Gasteiger partial charge on any atom is -0.381 e. The molecule has 1 saturated heterocycles. The van der Waals surface area contributed by atoms with Crippen LogP contribution in [0.2, 0.25) is 0 Å². The molecule has 0 bridgehead atoms. The van der Waals surface area contributed by atoms with Crippen LogP contribution in [0.3, 0.4) is 0 Å². The molecule has 0 aromatic heterocycles. The highest BCUT2D eigenvalue weighted by Crippen LogP contribution is 2.27. The van der Waals surface area contributed by atoms with Crippen molar-refractivity contribution >= 4 is 0 Å². The predicted molar refractivity (Wildman–Crippen MR) is 52.6 cm³/mol. The van der Waals surface area contributed by atoms with Gasteiger partial charge >= 0.3 is 0 Å². The third kappa shape index (κ3) is 2.03. The van der Waals surface area contributed by atoms with Crippen molar-refractivity contribution in [2.24, 2.45) is 5.73 Å². The number of hydrogen-bond acceptors (Lipinski definition) is 3.